The monoisotopic (exact) mass is 659 g/mol. The molecule has 2 atom stereocenters. The first kappa shape index (κ1) is 27.9. The zero-order chi connectivity index (χ0) is 30.1. The van der Waals surface area contributed by atoms with E-state index in [0.717, 1.165) is 0 Å². The van der Waals surface area contributed by atoms with E-state index in [1.807, 2.05) is 0 Å². The molecule has 6 aromatic rings. The Morgan fingerprint density at radius 3 is 1.30 bits per heavy atom. The summed E-state index contributed by atoms with van der Waals surface area (Å²) in [4.78, 5) is 0. The fourth-order valence-corrected chi connectivity index (χ4v) is 30.3. The van der Waals surface area contributed by atoms with Gasteiger partial charge in [0.15, 0.2) is 0 Å². The summed E-state index contributed by atoms with van der Waals surface area (Å²) in [6, 6.07) is 50.5. The van der Waals surface area contributed by atoms with Crippen LogP contribution in [0.5, 0.6) is 0 Å². The molecule has 2 unspecified atom stereocenters. The van der Waals surface area contributed by atoms with E-state index in [2.05, 4.69) is 173 Å². The third-order valence-corrected chi connectivity index (χ3v) is 29.8. The second-order valence-electron chi connectivity index (χ2n) is 13.2. The van der Waals surface area contributed by atoms with Crippen molar-refractivity contribution in [1.29, 1.82) is 0 Å². The molecule has 0 aromatic heterocycles. The van der Waals surface area contributed by atoms with Crippen LogP contribution < -0.4 is 20.9 Å². The van der Waals surface area contributed by atoms with Crippen molar-refractivity contribution in [1.82, 2.24) is 0 Å². The van der Waals surface area contributed by atoms with Crippen molar-refractivity contribution in [3.05, 3.63) is 165 Å². The fourth-order valence-electron chi connectivity index (χ4n) is 8.36. The molecule has 0 saturated heterocycles. The molecule has 0 heterocycles. The molecule has 0 N–H and O–H groups in total. The molecule has 0 nitrogen and oxygen atoms in total. The molecule has 0 saturated carbocycles. The summed E-state index contributed by atoms with van der Waals surface area (Å²) in [5.74, 6) is -1.16. The second-order valence-corrected chi connectivity index (χ2v) is 32.0. The summed E-state index contributed by atoms with van der Waals surface area (Å²) < 4.78 is 3.56. The molecular formula is C42H37SiZr. The predicted molar refractivity (Wildman–Crippen MR) is 189 cm³/mol. The Labute approximate surface area is 268 Å². The summed E-state index contributed by atoms with van der Waals surface area (Å²) in [7, 11) is 0. The van der Waals surface area contributed by atoms with Gasteiger partial charge in [-0.1, -0.05) is 0 Å². The summed E-state index contributed by atoms with van der Waals surface area (Å²) in [6.45, 7) is 10.4. The van der Waals surface area contributed by atoms with Crippen LogP contribution in [-0.4, -0.2) is 5.92 Å². The molecule has 2 aliphatic rings. The molecule has 0 fully saturated rings. The number of hydrogen-bond donors (Lipinski definition) is 0. The van der Waals surface area contributed by atoms with Crippen molar-refractivity contribution < 1.29 is 20.9 Å². The third-order valence-electron chi connectivity index (χ3n) is 10.2. The van der Waals surface area contributed by atoms with Gasteiger partial charge in [0.2, 0.25) is 0 Å². The quantitative estimate of drug-likeness (QED) is 0.175. The number of benzene rings is 6. The van der Waals surface area contributed by atoms with Crippen LogP contribution in [-0.2, 0) is 31.7 Å². The molecule has 44 heavy (non-hydrogen) atoms. The first-order valence-electron chi connectivity index (χ1n) is 15.9. The second kappa shape index (κ2) is 10.5. The van der Waals surface area contributed by atoms with Gasteiger partial charge in [0.25, 0.3) is 0 Å². The van der Waals surface area contributed by atoms with Gasteiger partial charge in [-0.25, -0.2) is 0 Å². The summed E-state index contributed by atoms with van der Waals surface area (Å²) in [5, 5.41) is 11.3. The first-order chi connectivity index (χ1) is 21.4. The topological polar surface area (TPSA) is 0 Å². The van der Waals surface area contributed by atoms with E-state index in [9.17, 15) is 0 Å². The Balaban J connectivity index is 1.48. The van der Waals surface area contributed by atoms with Crippen LogP contribution in [0.1, 0.15) is 25.0 Å². The number of hydrogen-bond acceptors (Lipinski definition) is 0. The molecule has 8 rings (SSSR count). The van der Waals surface area contributed by atoms with Crippen molar-refractivity contribution >= 4 is 46.2 Å². The Morgan fingerprint density at radius 2 is 0.841 bits per heavy atom. The number of rotatable bonds is 5. The average molecular weight is 661 g/mol. The Hall–Kier alpha value is -3.58. The molecule has 0 radical (unpaired) electrons. The van der Waals surface area contributed by atoms with Crippen LogP contribution in [0.4, 0.5) is 0 Å². The van der Waals surface area contributed by atoms with Crippen LogP contribution >= 0.6 is 0 Å². The van der Waals surface area contributed by atoms with Crippen molar-refractivity contribution in [2.45, 2.75) is 37.8 Å². The molecule has 0 aliphatic heterocycles. The van der Waals surface area contributed by atoms with Gasteiger partial charge in [-0.05, 0) is 0 Å². The van der Waals surface area contributed by atoms with E-state index in [0.29, 0.717) is 0 Å². The Bertz CT molecular complexity index is 2190. The van der Waals surface area contributed by atoms with Gasteiger partial charge in [-0.3, -0.25) is 0 Å². The number of fused-ring (bicyclic) bond motifs is 4. The van der Waals surface area contributed by atoms with Crippen molar-refractivity contribution in [3.63, 3.8) is 0 Å². The molecule has 2 aliphatic carbocycles. The molecule has 213 valence electrons. The summed E-state index contributed by atoms with van der Waals surface area (Å²) >= 11 is -2.59. The van der Waals surface area contributed by atoms with Gasteiger partial charge in [-0.2, -0.15) is 0 Å². The summed E-state index contributed by atoms with van der Waals surface area (Å²) in [5.41, 5.74) is 2.61. The zero-order valence-electron chi connectivity index (χ0n) is 25.9. The summed E-state index contributed by atoms with van der Waals surface area (Å²) in [6.07, 6.45) is 5.24. The van der Waals surface area contributed by atoms with Crippen LogP contribution in [0.15, 0.2) is 133 Å². The van der Waals surface area contributed by atoms with E-state index in [-0.39, 0.29) is 10.8 Å². The van der Waals surface area contributed by atoms with Gasteiger partial charge >= 0.3 is 270 Å². The van der Waals surface area contributed by atoms with Gasteiger partial charge in [-0.15, -0.1) is 0 Å². The van der Waals surface area contributed by atoms with E-state index in [1.54, 1.807) is 6.56 Å². The van der Waals surface area contributed by atoms with E-state index in [1.165, 1.54) is 53.5 Å². The molecule has 2 heteroatoms. The third kappa shape index (κ3) is 4.11. The van der Waals surface area contributed by atoms with E-state index in [4.69, 9.17) is 0 Å². The van der Waals surface area contributed by atoms with Gasteiger partial charge < -0.3 is 0 Å². The molecular weight excluding hydrogens is 624 g/mol. The van der Waals surface area contributed by atoms with Gasteiger partial charge in [0.05, 0.1) is 0 Å². The van der Waals surface area contributed by atoms with Crippen LogP contribution in [0.3, 0.4) is 0 Å². The Morgan fingerprint density at radius 1 is 0.455 bits per heavy atom. The van der Waals surface area contributed by atoms with Crippen LogP contribution in [0.25, 0.3) is 40.3 Å². The Kier molecular flexibility index (Phi) is 6.67. The van der Waals surface area contributed by atoms with Crippen molar-refractivity contribution in [2.75, 3.05) is 0 Å². The van der Waals surface area contributed by atoms with E-state index < -0.39 is 26.8 Å². The molecule has 0 amide bonds. The fraction of sp³-hybridized carbons (Fsp3) is 0.143. The van der Waals surface area contributed by atoms with E-state index >= 15 is 0 Å². The van der Waals surface area contributed by atoms with Crippen molar-refractivity contribution in [3.8, 4) is 0 Å². The van der Waals surface area contributed by atoms with Gasteiger partial charge in [0, 0.05) is 0 Å². The predicted octanol–water partition coefficient (Wildman–Crippen LogP) is 7.02. The first-order valence-corrected chi connectivity index (χ1v) is 25.5. The van der Waals surface area contributed by atoms with Crippen molar-refractivity contribution in [2.24, 2.45) is 0 Å². The molecule has 6 aromatic carbocycles. The average Bonchev–Trinajstić information content (AvgIpc) is 3.52. The normalized spacial score (nSPS) is 20.5. The minimum absolute atomic E-state index is 0.152. The minimum atomic E-state index is -2.59. The molecule has 0 spiro atoms. The van der Waals surface area contributed by atoms with Crippen LogP contribution in [0.2, 0.25) is 13.1 Å². The van der Waals surface area contributed by atoms with Crippen LogP contribution in [0, 0.1) is 0 Å². The molecule has 0 bridgehead atoms. The van der Waals surface area contributed by atoms with Gasteiger partial charge in [0.1, 0.15) is 0 Å². The SMILES string of the molecule is C[SiH](C)[Zr]([C]1=c2ccccc2=CC1(C)c1cccc2ccccc12)[C]1=c2ccccc2=CC1(C)c1cccc2ccccc12. The standard InChI is InChI=1S/2C20H15.C2H7Si.Zr/c2*1-20(13-16-8-2-3-9-17(16)14-20)19-12-6-10-15-7-4-5-11-18(15)19;1-3-2;/h2*2-13H,1H3;3H,1-2H3;. The maximum atomic E-state index is 2.66. The zero-order valence-corrected chi connectivity index (χ0v) is 29.5. The maximum absolute atomic E-state index is 2.66.